The maximum absolute atomic E-state index is 12.9. The number of hydrogen-bond acceptors (Lipinski definition) is 3. The van der Waals surface area contributed by atoms with Crippen molar-refractivity contribution in [2.45, 2.75) is 4.90 Å². The Morgan fingerprint density at radius 1 is 1.35 bits per heavy atom. The summed E-state index contributed by atoms with van der Waals surface area (Å²) in [7, 11) is -1.70. The highest BCUT2D eigenvalue weighted by Crippen LogP contribution is 2.12. The van der Waals surface area contributed by atoms with Crippen molar-refractivity contribution >= 4 is 16.7 Å². The van der Waals surface area contributed by atoms with Crippen molar-refractivity contribution in [2.24, 2.45) is 5.73 Å². The van der Waals surface area contributed by atoms with Crippen molar-refractivity contribution < 1.29 is 17.8 Å². The molecular formula is C10H12F2N2O2S. The average molecular weight is 262 g/mol. The predicted octanol–water partition coefficient (Wildman–Crippen LogP) is 0.147. The van der Waals surface area contributed by atoms with Gasteiger partial charge in [-0.2, -0.15) is 0 Å². The van der Waals surface area contributed by atoms with Gasteiger partial charge in [-0.3, -0.25) is 9.00 Å². The van der Waals surface area contributed by atoms with Crippen molar-refractivity contribution in [3.05, 3.63) is 29.8 Å². The lowest BCUT2D eigenvalue weighted by molar-refractivity contribution is -0.118. The van der Waals surface area contributed by atoms with Crippen LogP contribution in [0, 0.1) is 11.6 Å². The van der Waals surface area contributed by atoms with E-state index in [1.807, 2.05) is 0 Å². The number of halogens is 2. The topological polar surface area (TPSA) is 72.2 Å². The number of nitrogens with one attached hydrogen (secondary N) is 1. The summed E-state index contributed by atoms with van der Waals surface area (Å²) < 4.78 is 37.1. The Labute approximate surface area is 99.6 Å². The molecule has 0 bridgehead atoms. The van der Waals surface area contributed by atoms with Crippen LogP contribution < -0.4 is 11.1 Å². The third kappa shape index (κ3) is 4.20. The number of hydrogen-bond donors (Lipinski definition) is 2. The lowest BCUT2D eigenvalue weighted by Crippen LogP contribution is -2.32. The summed E-state index contributed by atoms with van der Waals surface area (Å²) >= 11 is 0. The molecule has 3 N–H and O–H groups in total. The molecule has 1 unspecified atom stereocenters. The Hall–Kier alpha value is -1.34. The van der Waals surface area contributed by atoms with Crippen molar-refractivity contribution in [1.82, 2.24) is 5.32 Å². The summed E-state index contributed by atoms with van der Waals surface area (Å²) in [5.41, 5.74) is 5.17. The molecule has 17 heavy (non-hydrogen) atoms. The Morgan fingerprint density at radius 2 is 2.06 bits per heavy atom. The second-order valence-corrected chi connectivity index (χ2v) is 4.66. The van der Waals surface area contributed by atoms with Gasteiger partial charge in [-0.25, -0.2) is 8.78 Å². The minimum absolute atomic E-state index is 0.0757. The Kier molecular flexibility index (Phi) is 5.17. The highest BCUT2D eigenvalue weighted by molar-refractivity contribution is 7.85. The molecule has 0 aromatic heterocycles. The molecule has 94 valence electrons. The van der Waals surface area contributed by atoms with E-state index in [1.54, 1.807) is 0 Å². The molecule has 0 saturated carbocycles. The van der Waals surface area contributed by atoms with E-state index in [0.717, 1.165) is 12.1 Å². The zero-order valence-corrected chi connectivity index (χ0v) is 9.73. The summed E-state index contributed by atoms with van der Waals surface area (Å²) in [6.45, 7) is 0.567. The molecule has 0 aliphatic rings. The molecule has 0 fully saturated rings. The Morgan fingerprint density at radius 3 is 2.65 bits per heavy atom. The molecule has 1 aromatic carbocycles. The summed E-state index contributed by atoms with van der Waals surface area (Å²) in [5, 5.41) is 2.43. The van der Waals surface area contributed by atoms with E-state index in [2.05, 4.69) is 5.32 Å². The summed E-state index contributed by atoms with van der Waals surface area (Å²) in [5.74, 6) is -2.85. The zero-order valence-electron chi connectivity index (χ0n) is 8.91. The van der Waals surface area contributed by atoms with Crippen LogP contribution in [0.1, 0.15) is 0 Å². The van der Waals surface area contributed by atoms with Gasteiger partial charge >= 0.3 is 0 Å². The minimum atomic E-state index is -1.70. The van der Waals surface area contributed by atoms with E-state index in [4.69, 9.17) is 5.73 Å². The second-order valence-electron chi connectivity index (χ2n) is 3.20. The number of nitrogens with two attached hydrogens (primary N) is 1. The smallest absolute Gasteiger partial charge is 0.233 e. The van der Waals surface area contributed by atoms with Crippen LogP contribution in [0.4, 0.5) is 8.78 Å². The van der Waals surface area contributed by atoms with Gasteiger partial charge in [0.1, 0.15) is 5.75 Å². The molecule has 4 nitrogen and oxygen atoms in total. The van der Waals surface area contributed by atoms with Crippen LogP contribution in [-0.2, 0) is 15.6 Å². The number of amides is 1. The molecule has 0 aliphatic carbocycles. The van der Waals surface area contributed by atoms with Crippen LogP contribution in [-0.4, -0.2) is 29.0 Å². The molecule has 1 amide bonds. The average Bonchev–Trinajstić information content (AvgIpc) is 2.30. The van der Waals surface area contributed by atoms with E-state index >= 15 is 0 Å². The van der Waals surface area contributed by atoms with Crippen LogP contribution >= 0.6 is 0 Å². The lowest BCUT2D eigenvalue weighted by atomic mass is 10.3. The first-order valence-electron chi connectivity index (χ1n) is 4.84. The molecule has 7 heteroatoms. The van der Waals surface area contributed by atoms with Gasteiger partial charge in [0.05, 0.1) is 10.8 Å². The highest BCUT2D eigenvalue weighted by atomic mass is 32.2. The van der Waals surface area contributed by atoms with Crippen molar-refractivity contribution in [3.63, 3.8) is 0 Å². The van der Waals surface area contributed by atoms with Crippen LogP contribution in [0.5, 0.6) is 0 Å². The second kappa shape index (κ2) is 6.41. The van der Waals surface area contributed by atoms with E-state index in [1.165, 1.54) is 6.07 Å². The van der Waals surface area contributed by atoms with Gasteiger partial charge in [0.2, 0.25) is 5.91 Å². The number of carbonyl (C=O) groups excluding carboxylic acids is 1. The molecule has 0 aliphatic heterocycles. The van der Waals surface area contributed by atoms with Crippen LogP contribution in [0.25, 0.3) is 0 Å². The number of rotatable bonds is 5. The normalized spacial score (nSPS) is 12.2. The van der Waals surface area contributed by atoms with Crippen molar-refractivity contribution in [2.75, 3.05) is 18.8 Å². The van der Waals surface area contributed by atoms with Crippen molar-refractivity contribution in [1.29, 1.82) is 0 Å². The van der Waals surface area contributed by atoms with Gasteiger partial charge in [0.15, 0.2) is 11.6 Å². The molecule has 0 spiro atoms. The largest absolute Gasteiger partial charge is 0.354 e. The first-order valence-corrected chi connectivity index (χ1v) is 6.16. The van der Waals surface area contributed by atoms with E-state index in [-0.39, 0.29) is 23.7 Å². The standard InChI is InChI=1S/C10H12F2N2O2S/c11-8-2-1-7(5-9(8)12)17(16)6-10(15)14-4-3-13/h1-2,5H,3-4,6,13H2,(H,14,15). The van der Waals surface area contributed by atoms with Crippen LogP contribution in [0.2, 0.25) is 0 Å². The number of carbonyl (C=O) groups is 1. The SMILES string of the molecule is NCCNC(=O)CS(=O)c1ccc(F)c(F)c1. The molecule has 0 heterocycles. The fourth-order valence-electron chi connectivity index (χ4n) is 1.08. The Bertz CT molecular complexity index is 440. The lowest BCUT2D eigenvalue weighted by Gasteiger charge is -2.04. The highest BCUT2D eigenvalue weighted by Gasteiger charge is 2.12. The van der Waals surface area contributed by atoms with Gasteiger partial charge in [0, 0.05) is 18.0 Å². The maximum Gasteiger partial charge on any atom is 0.233 e. The van der Waals surface area contributed by atoms with Crippen LogP contribution in [0.15, 0.2) is 23.1 Å². The van der Waals surface area contributed by atoms with Gasteiger partial charge in [0.25, 0.3) is 0 Å². The van der Waals surface area contributed by atoms with Gasteiger partial charge in [-0.05, 0) is 18.2 Å². The van der Waals surface area contributed by atoms with E-state index in [9.17, 15) is 17.8 Å². The van der Waals surface area contributed by atoms with Gasteiger partial charge in [-0.15, -0.1) is 0 Å². The maximum atomic E-state index is 12.9. The first kappa shape index (κ1) is 13.7. The zero-order chi connectivity index (χ0) is 12.8. The fraction of sp³-hybridized carbons (Fsp3) is 0.300. The third-order valence-corrected chi connectivity index (χ3v) is 3.19. The summed E-state index contributed by atoms with van der Waals surface area (Å²) in [4.78, 5) is 11.3. The molecule has 1 atom stereocenters. The molecular weight excluding hydrogens is 250 g/mol. The molecule has 0 radical (unpaired) electrons. The van der Waals surface area contributed by atoms with Gasteiger partial charge in [-0.1, -0.05) is 0 Å². The molecule has 0 saturated heterocycles. The van der Waals surface area contributed by atoms with Crippen LogP contribution in [0.3, 0.4) is 0 Å². The predicted molar refractivity (Wildman–Crippen MR) is 59.7 cm³/mol. The summed E-state index contributed by atoms with van der Waals surface area (Å²) in [6, 6.07) is 2.88. The quantitative estimate of drug-likeness (QED) is 0.793. The summed E-state index contributed by atoms with van der Waals surface area (Å²) in [6.07, 6.45) is 0. The number of benzene rings is 1. The molecule has 1 aromatic rings. The first-order chi connectivity index (χ1) is 8.04. The monoisotopic (exact) mass is 262 g/mol. The van der Waals surface area contributed by atoms with E-state index < -0.39 is 28.3 Å². The third-order valence-electron chi connectivity index (χ3n) is 1.88. The van der Waals surface area contributed by atoms with Gasteiger partial charge < -0.3 is 11.1 Å². The fourth-order valence-corrected chi connectivity index (χ4v) is 2.05. The van der Waals surface area contributed by atoms with E-state index in [0.29, 0.717) is 0 Å². The van der Waals surface area contributed by atoms with Crippen molar-refractivity contribution in [3.8, 4) is 0 Å². The minimum Gasteiger partial charge on any atom is -0.354 e. The Balaban J connectivity index is 2.63. The molecule has 1 rings (SSSR count).